The molecule has 0 spiro atoms. The fourth-order valence-electron chi connectivity index (χ4n) is 2.32. The van der Waals surface area contributed by atoms with E-state index >= 15 is 0 Å². The van der Waals surface area contributed by atoms with E-state index in [1.54, 1.807) is 0 Å². The molecule has 1 aromatic carbocycles. The summed E-state index contributed by atoms with van der Waals surface area (Å²) in [5.74, 6) is 1.63. The minimum Gasteiger partial charge on any atom is -0.339 e. The molecule has 0 amide bonds. The van der Waals surface area contributed by atoms with E-state index < -0.39 is 0 Å². The summed E-state index contributed by atoms with van der Waals surface area (Å²) in [6, 6.07) is 10.1. The van der Waals surface area contributed by atoms with Crippen LogP contribution < -0.4 is 0 Å². The summed E-state index contributed by atoms with van der Waals surface area (Å²) in [4.78, 5) is 6.71. The highest BCUT2D eigenvalue weighted by Crippen LogP contribution is 2.22. The van der Waals surface area contributed by atoms with E-state index in [4.69, 9.17) is 9.78 Å². The minimum atomic E-state index is 0.221. The minimum absolute atomic E-state index is 0.221. The summed E-state index contributed by atoms with van der Waals surface area (Å²) in [6.45, 7) is 9.86. The Morgan fingerprint density at radius 2 is 1.91 bits per heavy atom. The number of aromatic nitrogens is 2. The maximum absolute atomic E-state index is 8.88. The lowest BCUT2D eigenvalue weighted by atomic mass is 10.1. The first-order valence-electron chi connectivity index (χ1n) is 7.61. The van der Waals surface area contributed by atoms with Crippen LogP contribution in [-0.4, -0.2) is 21.6 Å². The van der Waals surface area contributed by atoms with Crippen LogP contribution in [0.15, 0.2) is 28.8 Å². The number of nitrogens with zero attached hydrogens (tertiary/aromatic N) is 4. The zero-order valence-corrected chi connectivity index (χ0v) is 13.6. The molecule has 22 heavy (non-hydrogen) atoms. The molecule has 0 radical (unpaired) electrons. The fourth-order valence-corrected chi connectivity index (χ4v) is 2.32. The monoisotopic (exact) mass is 298 g/mol. The molecule has 5 heteroatoms. The largest absolute Gasteiger partial charge is 0.339 e. The van der Waals surface area contributed by atoms with Crippen molar-refractivity contribution in [2.45, 2.75) is 46.2 Å². The molecule has 1 aromatic heterocycles. The number of rotatable bonds is 6. The van der Waals surface area contributed by atoms with Gasteiger partial charge in [-0.05, 0) is 31.2 Å². The van der Waals surface area contributed by atoms with Crippen LogP contribution in [0.25, 0.3) is 0 Å². The van der Waals surface area contributed by atoms with Gasteiger partial charge in [-0.15, -0.1) is 0 Å². The van der Waals surface area contributed by atoms with Crippen molar-refractivity contribution in [1.29, 1.82) is 5.26 Å². The first-order valence-corrected chi connectivity index (χ1v) is 7.61. The van der Waals surface area contributed by atoms with Crippen molar-refractivity contribution in [2.24, 2.45) is 0 Å². The molecular formula is C17H22N4O. The molecule has 1 heterocycles. The van der Waals surface area contributed by atoms with Gasteiger partial charge in [0.15, 0.2) is 5.82 Å². The van der Waals surface area contributed by atoms with Crippen LogP contribution in [0, 0.1) is 11.3 Å². The summed E-state index contributed by atoms with van der Waals surface area (Å²) < 4.78 is 5.26. The molecule has 0 aliphatic carbocycles. The van der Waals surface area contributed by atoms with E-state index in [9.17, 15) is 0 Å². The topological polar surface area (TPSA) is 66.0 Å². The molecule has 1 atom stereocenters. The van der Waals surface area contributed by atoms with Crippen LogP contribution in [0.3, 0.4) is 0 Å². The SMILES string of the molecule is CCN(Cc1noc(C(C)C)n1)[C@H](C)c1ccc(C#N)cc1. The molecule has 0 saturated heterocycles. The van der Waals surface area contributed by atoms with E-state index in [1.807, 2.05) is 38.1 Å². The first kappa shape index (κ1) is 16.2. The maximum atomic E-state index is 8.88. The standard InChI is InChI=1S/C17H22N4O/c1-5-21(11-16-19-17(12(2)3)22-20-16)13(4)15-8-6-14(10-18)7-9-15/h6-9,12-13H,5,11H2,1-4H3/t13-/m1/s1. The Morgan fingerprint density at radius 1 is 1.23 bits per heavy atom. The molecule has 5 nitrogen and oxygen atoms in total. The van der Waals surface area contributed by atoms with Crippen molar-refractivity contribution < 1.29 is 4.52 Å². The average Bonchev–Trinajstić information content (AvgIpc) is 3.01. The Balaban J connectivity index is 2.10. The van der Waals surface area contributed by atoms with Crippen LogP contribution in [0.5, 0.6) is 0 Å². The normalized spacial score (nSPS) is 12.6. The van der Waals surface area contributed by atoms with Gasteiger partial charge in [0.2, 0.25) is 5.89 Å². The van der Waals surface area contributed by atoms with E-state index in [0.29, 0.717) is 23.8 Å². The average molecular weight is 298 g/mol. The lowest BCUT2D eigenvalue weighted by Gasteiger charge is -2.26. The van der Waals surface area contributed by atoms with E-state index in [1.165, 1.54) is 5.56 Å². The second-order valence-electron chi connectivity index (χ2n) is 5.68. The fraction of sp³-hybridized carbons (Fsp3) is 0.471. The highest BCUT2D eigenvalue weighted by atomic mass is 16.5. The van der Waals surface area contributed by atoms with Gasteiger partial charge >= 0.3 is 0 Å². The molecule has 0 aliphatic rings. The Kier molecular flexibility index (Phi) is 5.29. The number of benzene rings is 1. The molecule has 116 valence electrons. The van der Waals surface area contributed by atoms with Gasteiger partial charge in [0.1, 0.15) is 0 Å². The molecule has 0 saturated carbocycles. The maximum Gasteiger partial charge on any atom is 0.229 e. The molecular weight excluding hydrogens is 276 g/mol. The zero-order valence-electron chi connectivity index (χ0n) is 13.6. The molecule has 2 rings (SSSR count). The Bertz CT molecular complexity index is 639. The van der Waals surface area contributed by atoms with E-state index in [0.717, 1.165) is 6.54 Å². The van der Waals surface area contributed by atoms with Crippen molar-refractivity contribution in [3.63, 3.8) is 0 Å². The van der Waals surface area contributed by atoms with Gasteiger partial charge in [-0.3, -0.25) is 4.90 Å². The molecule has 0 fully saturated rings. The number of hydrogen-bond acceptors (Lipinski definition) is 5. The smallest absolute Gasteiger partial charge is 0.229 e. The number of nitriles is 1. The summed E-state index contributed by atoms with van der Waals surface area (Å²) >= 11 is 0. The van der Waals surface area contributed by atoms with E-state index in [-0.39, 0.29) is 12.0 Å². The van der Waals surface area contributed by atoms with Crippen LogP contribution in [0.2, 0.25) is 0 Å². The lowest BCUT2D eigenvalue weighted by molar-refractivity contribution is 0.204. The highest BCUT2D eigenvalue weighted by Gasteiger charge is 2.18. The summed E-state index contributed by atoms with van der Waals surface area (Å²) in [7, 11) is 0. The highest BCUT2D eigenvalue weighted by molar-refractivity contribution is 5.32. The van der Waals surface area contributed by atoms with Crippen LogP contribution >= 0.6 is 0 Å². The molecule has 0 unspecified atom stereocenters. The van der Waals surface area contributed by atoms with E-state index in [2.05, 4.69) is 35.0 Å². The Morgan fingerprint density at radius 3 is 2.41 bits per heavy atom. The lowest BCUT2D eigenvalue weighted by Crippen LogP contribution is -2.27. The second-order valence-corrected chi connectivity index (χ2v) is 5.68. The summed E-state index contributed by atoms with van der Waals surface area (Å²) in [6.07, 6.45) is 0. The van der Waals surface area contributed by atoms with Crippen molar-refractivity contribution in [1.82, 2.24) is 15.0 Å². The zero-order chi connectivity index (χ0) is 16.1. The van der Waals surface area contributed by atoms with Gasteiger partial charge < -0.3 is 4.52 Å². The van der Waals surface area contributed by atoms with Gasteiger partial charge in [-0.25, -0.2) is 0 Å². The number of hydrogen-bond donors (Lipinski definition) is 0. The van der Waals surface area contributed by atoms with Crippen LogP contribution in [-0.2, 0) is 6.54 Å². The van der Waals surface area contributed by atoms with Gasteiger partial charge in [0, 0.05) is 12.0 Å². The molecule has 0 N–H and O–H groups in total. The van der Waals surface area contributed by atoms with Gasteiger partial charge in [-0.1, -0.05) is 38.1 Å². The van der Waals surface area contributed by atoms with Crippen molar-refractivity contribution in [2.75, 3.05) is 6.54 Å². The Hall–Kier alpha value is -2.19. The third-order valence-electron chi connectivity index (χ3n) is 3.80. The first-order chi connectivity index (χ1) is 10.5. The molecule has 0 aliphatic heterocycles. The Labute approximate surface area is 131 Å². The second kappa shape index (κ2) is 7.19. The molecule has 0 bridgehead atoms. The quantitative estimate of drug-likeness (QED) is 0.814. The predicted molar refractivity (Wildman–Crippen MR) is 84.0 cm³/mol. The van der Waals surface area contributed by atoms with Crippen molar-refractivity contribution >= 4 is 0 Å². The molecule has 2 aromatic rings. The van der Waals surface area contributed by atoms with Crippen molar-refractivity contribution in [3.8, 4) is 6.07 Å². The van der Waals surface area contributed by atoms with Gasteiger partial charge in [0.25, 0.3) is 0 Å². The third kappa shape index (κ3) is 3.71. The van der Waals surface area contributed by atoms with Crippen LogP contribution in [0.4, 0.5) is 0 Å². The third-order valence-corrected chi connectivity index (χ3v) is 3.80. The summed E-state index contributed by atoms with van der Waals surface area (Å²) in [5, 5.41) is 12.9. The van der Waals surface area contributed by atoms with Gasteiger partial charge in [0.05, 0.1) is 18.2 Å². The van der Waals surface area contributed by atoms with Gasteiger partial charge in [-0.2, -0.15) is 10.2 Å². The predicted octanol–water partition coefficient (Wildman–Crippen LogP) is 3.65. The van der Waals surface area contributed by atoms with Crippen molar-refractivity contribution in [3.05, 3.63) is 47.1 Å². The summed E-state index contributed by atoms with van der Waals surface area (Å²) in [5.41, 5.74) is 1.85. The van der Waals surface area contributed by atoms with Crippen LogP contribution in [0.1, 0.15) is 62.5 Å².